The van der Waals surface area contributed by atoms with Crippen molar-refractivity contribution in [3.63, 3.8) is 0 Å². The molecule has 14 heteroatoms. The minimum Gasteiger partial charge on any atom is -0.453 e. The largest absolute Gasteiger partial charge is 0.453 e. The molecule has 11 nitrogen and oxygen atoms in total. The molecular weight excluding hydrogens is 572 g/mol. The van der Waals surface area contributed by atoms with Crippen molar-refractivity contribution >= 4 is 40.9 Å². The molecule has 2 atom stereocenters. The van der Waals surface area contributed by atoms with Crippen molar-refractivity contribution in [1.82, 2.24) is 25.1 Å². The highest BCUT2D eigenvalue weighted by Gasteiger charge is 2.26. The van der Waals surface area contributed by atoms with Crippen LogP contribution in [0.3, 0.4) is 0 Å². The Balaban J connectivity index is 1.45. The summed E-state index contributed by atoms with van der Waals surface area (Å²) < 4.78 is 35.4. The molecule has 0 fully saturated rings. The highest BCUT2D eigenvalue weighted by atomic mass is 35.5. The van der Waals surface area contributed by atoms with Gasteiger partial charge in [-0.1, -0.05) is 17.7 Å². The molecule has 3 amide bonds. The molecule has 5 rings (SSSR count). The lowest BCUT2D eigenvalue weighted by molar-refractivity contribution is -0.121. The Labute approximate surface area is 243 Å². The number of alkyl halides is 1. The summed E-state index contributed by atoms with van der Waals surface area (Å²) in [5.41, 5.74) is 2.21. The third-order valence-corrected chi connectivity index (χ3v) is 7.17. The molecule has 2 bridgehead atoms. The van der Waals surface area contributed by atoms with Crippen LogP contribution in [0.25, 0.3) is 16.9 Å². The fourth-order valence-corrected chi connectivity index (χ4v) is 4.84. The van der Waals surface area contributed by atoms with Crippen LogP contribution < -0.4 is 16.0 Å². The van der Waals surface area contributed by atoms with Gasteiger partial charge in [-0.25, -0.2) is 23.2 Å². The number of anilines is 2. The minimum atomic E-state index is -1.82. The zero-order valence-corrected chi connectivity index (χ0v) is 23.3. The average molecular weight is 598 g/mol. The van der Waals surface area contributed by atoms with Crippen LogP contribution in [0, 0.1) is 12.7 Å². The molecular formula is C28H26ClF2N7O4. The van der Waals surface area contributed by atoms with Gasteiger partial charge in [-0.05, 0) is 56.5 Å². The Morgan fingerprint density at radius 3 is 2.79 bits per heavy atom. The van der Waals surface area contributed by atoms with Crippen molar-refractivity contribution in [1.29, 1.82) is 0 Å². The molecule has 0 radical (unpaired) electrons. The highest BCUT2D eigenvalue weighted by Crippen LogP contribution is 2.32. The first-order valence-corrected chi connectivity index (χ1v) is 13.3. The van der Waals surface area contributed by atoms with Crippen LogP contribution in [0.2, 0.25) is 5.02 Å². The first-order valence-electron chi connectivity index (χ1n) is 13.0. The standard InChI is InChI=1S/C28H26ClF2N7O4/c1-14-17(12-33-38(14)23-8-3-5-18(29)24(23)31)26(39)36-20-7-4-6-19(30)27(40)37-21-11-15(34-28(41)42-2)9-10-16(21)22-13-32-25(20)35-22/h3,5,8-13,19-20H,4,6-7H2,1-2H3,(H,32,35)(H,34,41)(H,36,39)(H,37,40). The quantitative estimate of drug-likeness (QED) is 0.246. The molecule has 0 aliphatic carbocycles. The number of aromatic nitrogens is 4. The van der Waals surface area contributed by atoms with Crippen LogP contribution >= 0.6 is 11.6 Å². The van der Waals surface area contributed by atoms with Gasteiger partial charge >= 0.3 is 6.09 Å². The first kappa shape index (κ1) is 28.7. The molecule has 0 saturated heterocycles. The normalized spacial score (nSPS) is 16.8. The smallest absolute Gasteiger partial charge is 0.411 e. The first-order chi connectivity index (χ1) is 20.2. The number of benzene rings is 2. The Kier molecular flexibility index (Phi) is 8.20. The van der Waals surface area contributed by atoms with E-state index >= 15 is 0 Å². The molecule has 2 aromatic carbocycles. The van der Waals surface area contributed by atoms with Gasteiger partial charge in [-0.2, -0.15) is 5.10 Å². The number of halogens is 3. The highest BCUT2D eigenvalue weighted by molar-refractivity contribution is 6.30. The number of nitrogens with zero attached hydrogens (tertiary/aromatic N) is 3. The zero-order valence-electron chi connectivity index (χ0n) is 22.5. The number of ether oxygens (including phenoxy) is 1. The third kappa shape index (κ3) is 5.81. The monoisotopic (exact) mass is 597 g/mol. The van der Waals surface area contributed by atoms with E-state index in [9.17, 15) is 23.2 Å². The number of fused-ring (bicyclic) bond motifs is 4. The van der Waals surface area contributed by atoms with Gasteiger partial charge in [0.05, 0.1) is 53.2 Å². The topological polar surface area (TPSA) is 143 Å². The summed E-state index contributed by atoms with van der Waals surface area (Å²) in [7, 11) is 1.21. The van der Waals surface area contributed by atoms with Crippen LogP contribution in [0.4, 0.5) is 25.0 Å². The number of amides is 3. The maximum atomic E-state index is 14.9. The fraction of sp³-hybridized carbons (Fsp3) is 0.250. The van der Waals surface area contributed by atoms with Crippen molar-refractivity contribution < 1.29 is 27.9 Å². The van der Waals surface area contributed by atoms with Crippen molar-refractivity contribution in [3.8, 4) is 16.9 Å². The van der Waals surface area contributed by atoms with E-state index in [1.54, 1.807) is 25.1 Å². The molecule has 4 N–H and O–H groups in total. The predicted octanol–water partition coefficient (Wildman–Crippen LogP) is 5.47. The lowest BCUT2D eigenvalue weighted by Crippen LogP contribution is -2.30. The molecule has 42 heavy (non-hydrogen) atoms. The van der Waals surface area contributed by atoms with Crippen LogP contribution in [0.1, 0.15) is 47.2 Å². The van der Waals surface area contributed by atoms with Crippen molar-refractivity contribution in [2.75, 3.05) is 17.7 Å². The summed E-state index contributed by atoms with van der Waals surface area (Å²) in [6, 6.07) is 8.50. The molecule has 1 aliphatic heterocycles. The van der Waals surface area contributed by atoms with Gasteiger partial charge in [-0.15, -0.1) is 0 Å². The van der Waals surface area contributed by atoms with E-state index in [2.05, 4.69) is 35.8 Å². The number of imidazole rings is 1. The number of carbonyl (C=O) groups excluding carboxylic acids is 3. The fourth-order valence-electron chi connectivity index (χ4n) is 4.67. The third-order valence-electron chi connectivity index (χ3n) is 6.88. The van der Waals surface area contributed by atoms with E-state index in [0.29, 0.717) is 28.5 Å². The second-order valence-corrected chi connectivity index (χ2v) is 10.0. The Bertz CT molecular complexity index is 1670. The molecule has 4 aromatic rings. The van der Waals surface area contributed by atoms with E-state index in [0.717, 1.165) is 0 Å². The van der Waals surface area contributed by atoms with Gasteiger partial charge in [0, 0.05) is 11.3 Å². The molecule has 3 heterocycles. The van der Waals surface area contributed by atoms with Gasteiger partial charge in [-0.3, -0.25) is 14.9 Å². The van der Waals surface area contributed by atoms with Crippen LogP contribution in [-0.4, -0.2) is 50.9 Å². The van der Waals surface area contributed by atoms with Crippen LogP contribution in [0.15, 0.2) is 48.8 Å². The van der Waals surface area contributed by atoms with Crippen LogP contribution in [-0.2, 0) is 9.53 Å². The Morgan fingerprint density at radius 2 is 2.00 bits per heavy atom. The average Bonchev–Trinajstić information content (AvgIpc) is 3.60. The van der Waals surface area contributed by atoms with Gasteiger partial charge in [0.15, 0.2) is 12.0 Å². The number of rotatable bonds is 4. The summed E-state index contributed by atoms with van der Waals surface area (Å²) in [4.78, 5) is 45.3. The lowest BCUT2D eigenvalue weighted by Gasteiger charge is -2.19. The number of H-pyrrole nitrogens is 1. The zero-order chi connectivity index (χ0) is 30.0. The second kappa shape index (κ2) is 12.0. The second-order valence-electron chi connectivity index (χ2n) is 9.60. The number of hydrogen-bond donors (Lipinski definition) is 4. The van der Waals surface area contributed by atoms with Gasteiger partial charge < -0.3 is 20.4 Å². The van der Waals surface area contributed by atoms with Crippen molar-refractivity contribution in [2.24, 2.45) is 0 Å². The SMILES string of the molecule is COC(=O)Nc1ccc2c(c1)NC(=O)C(F)CCCC(NC(=O)c1cnn(-c3cccc(Cl)c3F)c1C)c1ncc-2[nH]1. The van der Waals surface area contributed by atoms with Gasteiger partial charge in [0.1, 0.15) is 11.5 Å². The number of carbonyl (C=O) groups is 3. The molecule has 218 valence electrons. The number of hydrogen-bond acceptors (Lipinski definition) is 6. The van der Waals surface area contributed by atoms with Crippen LogP contribution in [0.5, 0.6) is 0 Å². The number of methoxy groups -OCH3 is 1. The molecule has 0 saturated carbocycles. The van der Waals surface area contributed by atoms with E-state index < -0.39 is 35.9 Å². The summed E-state index contributed by atoms with van der Waals surface area (Å²) >= 11 is 5.92. The summed E-state index contributed by atoms with van der Waals surface area (Å²) in [5.74, 6) is -1.60. The molecule has 0 spiro atoms. The Morgan fingerprint density at radius 1 is 1.19 bits per heavy atom. The summed E-state index contributed by atoms with van der Waals surface area (Å²) in [6.45, 7) is 1.63. The maximum absolute atomic E-state index is 14.9. The van der Waals surface area contributed by atoms with E-state index in [1.807, 2.05) is 0 Å². The van der Waals surface area contributed by atoms with Crippen molar-refractivity contribution in [2.45, 2.75) is 38.4 Å². The van der Waals surface area contributed by atoms with E-state index in [4.69, 9.17) is 11.6 Å². The van der Waals surface area contributed by atoms with Crippen molar-refractivity contribution in [3.05, 3.63) is 76.7 Å². The summed E-state index contributed by atoms with van der Waals surface area (Å²) in [5, 5.41) is 12.1. The maximum Gasteiger partial charge on any atom is 0.411 e. The van der Waals surface area contributed by atoms with Gasteiger partial charge in [0.25, 0.3) is 11.8 Å². The number of nitrogens with one attached hydrogen (secondary N) is 4. The lowest BCUT2D eigenvalue weighted by atomic mass is 10.0. The van der Waals surface area contributed by atoms with E-state index in [-0.39, 0.29) is 41.2 Å². The number of aromatic amines is 1. The molecule has 1 aliphatic rings. The summed E-state index contributed by atoms with van der Waals surface area (Å²) in [6.07, 6.45) is 0.746. The van der Waals surface area contributed by atoms with Gasteiger partial charge in [0.2, 0.25) is 0 Å². The molecule has 2 aromatic heterocycles. The Hall–Kier alpha value is -4.78. The van der Waals surface area contributed by atoms with E-state index in [1.165, 1.54) is 42.4 Å². The minimum absolute atomic E-state index is 0.0763. The predicted molar refractivity (Wildman–Crippen MR) is 151 cm³/mol. The molecule has 2 unspecified atom stereocenters.